The minimum atomic E-state index is 0.522. The summed E-state index contributed by atoms with van der Waals surface area (Å²) < 4.78 is 6.63. The first kappa shape index (κ1) is 12.1. The van der Waals surface area contributed by atoms with Gasteiger partial charge in [-0.2, -0.15) is 0 Å². The first-order chi connectivity index (χ1) is 7.75. The molecule has 1 saturated heterocycles. The monoisotopic (exact) mass is 283 g/mol. The summed E-state index contributed by atoms with van der Waals surface area (Å²) >= 11 is 3.56. The number of nitrogens with one attached hydrogen (secondary N) is 1. The van der Waals surface area contributed by atoms with E-state index in [1.165, 1.54) is 28.4 Å². The largest absolute Gasteiger partial charge is 0.380 e. The standard InChI is InChI=1S/C13H18BrNO/c1-10-4-5-11(7-13(10)14)8-15-12-3-2-6-16-9-12/h4-5,7,12,15H,2-3,6,8-9H2,1H3. The topological polar surface area (TPSA) is 21.3 Å². The first-order valence-electron chi connectivity index (χ1n) is 5.82. The van der Waals surface area contributed by atoms with Crippen LogP contribution < -0.4 is 5.32 Å². The fourth-order valence-electron chi connectivity index (χ4n) is 1.91. The molecule has 2 nitrogen and oxygen atoms in total. The molecular formula is C13H18BrNO. The lowest BCUT2D eigenvalue weighted by molar-refractivity contribution is 0.0699. The summed E-state index contributed by atoms with van der Waals surface area (Å²) in [5.74, 6) is 0. The number of rotatable bonds is 3. The van der Waals surface area contributed by atoms with Crippen LogP contribution in [-0.2, 0) is 11.3 Å². The van der Waals surface area contributed by atoms with Gasteiger partial charge in [0.05, 0.1) is 6.61 Å². The molecular weight excluding hydrogens is 266 g/mol. The molecule has 0 aromatic heterocycles. The summed E-state index contributed by atoms with van der Waals surface area (Å²) in [6.45, 7) is 4.81. The molecule has 0 amide bonds. The average molecular weight is 284 g/mol. The molecule has 1 aliphatic heterocycles. The van der Waals surface area contributed by atoms with Gasteiger partial charge in [0.25, 0.3) is 0 Å². The molecule has 1 aromatic rings. The van der Waals surface area contributed by atoms with Crippen molar-refractivity contribution in [3.63, 3.8) is 0 Å². The van der Waals surface area contributed by atoms with Gasteiger partial charge in [0, 0.05) is 23.7 Å². The Morgan fingerprint density at radius 1 is 1.50 bits per heavy atom. The lowest BCUT2D eigenvalue weighted by Gasteiger charge is -2.23. The van der Waals surface area contributed by atoms with Crippen LogP contribution in [0, 0.1) is 6.92 Å². The highest BCUT2D eigenvalue weighted by molar-refractivity contribution is 9.10. The Bertz CT molecular complexity index is 348. The summed E-state index contributed by atoms with van der Waals surface area (Å²) in [6, 6.07) is 7.04. The highest BCUT2D eigenvalue weighted by Crippen LogP contribution is 2.17. The van der Waals surface area contributed by atoms with E-state index in [1.54, 1.807) is 0 Å². The zero-order chi connectivity index (χ0) is 11.4. The van der Waals surface area contributed by atoms with Crippen molar-refractivity contribution in [1.29, 1.82) is 0 Å². The van der Waals surface area contributed by atoms with Crippen LogP contribution in [0.4, 0.5) is 0 Å². The van der Waals surface area contributed by atoms with Gasteiger partial charge in [-0.3, -0.25) is 0 Å². The predicted molar refractivity (Wildman–Crippen MR) is 69.6 cm³/mol. The van der Waals surface area contributed by atoms with Crippen LogP contribution >= 0.6 is 15.9 Å². The van der Waals surface area contributed by atoms with Crippen LogP contribution in [0.25, 0.3) is 0 Å². The molecule has 1 atom stereocenters. The smallest absolute Gasteiger partial charge is 0.0619 e. The van der Waals surface area contributed by atoms with E-state index in [0.29, 0.717) is 6.04 Å². The number of halogens is 1. The Kier molecular flexibility index (Phi) is 4.38. The molecule has 1 aromatic carbocycles. The summed E-state index contributed by atoms with van der Waals surface area (Å²) in [6.07, 6.45) is 2.41. The maximum atomic E-state index is 5.44. The van der Waals surface area contributed by atoms with Crippen molar-refractivity contribution < 1.29 is 4.74 Å². The third kappa shape index (κ3) is 3.30. The van der Waals surface area contributed by atoms with Gasteiger partial charge < -0.3 is 10.1 Å². The molecule has 0 spiro atoms. The van der Waals surface area contributed by atoms with Gasteiger partial charge in [-0.05, 0) is 37.0 Å². The van der Waals surface area contributed by atoms with Gasteiger partial charge >= 0.3 is 0 Å². The third-order valence-electron chi connectivity index (χ3n) is 2.99. The van der Waals surface area contributed by atoms with Crippen LogP contribution in [0.5, 0.6) is 0 Å². The van der Waals surface area contributed by atoms with Crippen molar-refractivity contribution in [1.82, 2.24) is 5.32 Å². The molecule has 1 heterocycles. The lowest BCUT2D eigenvalue weighted by Crippen LogP contribution is -2.36. The minimum Gasteiger partial charge on any atom is -0.380 e. The van der Waals surface area contributed by atoms with E-state index >= 15 is 0 Å². The van der Waals surface area contributed by atoms with Crippen LogP contribution in [0.1, 0.15) is 24.0 Å². The number of aryl methyl sites for hydroxylation is 1. The van der Waals surface area contributed by atoms with Crippen molar-refractivity contribution in [2.45, 2.75) is 32.4 Å². The summed E-state index contributed by atoms with van der Waals surface area (Å²) in [7, 11) is 0. The quantitative estimate of drug-likeness (QED) is 0.921. The van der Waals surface area contributed by atoms with Gasteiger partial charge in [0.1, 0.15) is 0 Å². The van der Waals surface area contributed by atoms with Gasteiger partial charge in [0.15, 0.2) is 0 Å². The Labute approximate surface area is 106 Å². The van der Waals surface area contributed by atoms with Crippen molar-refractivity contribution in [3.05, 3.63) is 33.8 Å². The number of hydrogen-bond donors (Lipinski definition) is 1. The molecule has 16 heavy (non-hydrogen) atoms. The fourth-order valence-corrected chi connectivity index (χ4v) is 2.34. The van der Waals surface area contributed by atoms with Gasteiger partial charge in [-0.1, -0.05) is 28.1 Å². The van der Waals surface area contributed by atoms with E-state index < -0.39 is 0 Å². The van der Waals surface area contributed by atoms with Crippen molar-refractivity contribution in [3.8, 4) is 0 Å². The summed E-state index contributed by atoms with van der Waals surface area (Å²) in [5.41, 5.74) is 2.60. The molecule has 1 aliphatic rings. The molecule has 0 aliphatic carbocycles. The highest BCUT2D eigenvalue weighted by Gasteiger charge is 2.12. The highest BCUT2D eigenvalue weighted by atomic mass is 79.9. The minimum absolute atomic E-state index is 0.522. The van der Waals surface area contributed by atoms with Crippen LogP contribution in [0.15, 0.2) is 22.7 Å². The number of benzene rings is 1. The Hall–Kier alpha value is -0.380. The van der Waals surface area contributed by atoms with Gasteiger partial charge in [0.2, 0.25) is 0 Å². The maximum absolute atomic E-state index is 5.44. The predicted octanol–water partition coefficient (Wildman–Crippen LogP) is 3.03. The third-order valence-corrected chi connectivity index (χ3v) is 3.85. The van der Waals surface area contributed by atoms with E-state index in [0.717, 1.165) is 19.8 Å². The van der Waals surface area contributed by atoms with Crippen molar-refractivity contribution >= 4 is 15.9 Å². The van der Waals surface area contributed by atoms with Gasteiger partial charge in [-0.15, -0.1) is 0 Å². The van der Waals surface area contributed by atoms with Crippen molar-refractivity contribution in [2.24, 2.45) is 0 Å². The Morgan fingerprint density at radius 2 is 2.38 bits per heavy atom. The van der Waals surface area contributed by atoms with Crippen LogP contribution in [0.2, 0.25) is 0 Å². The molecule has 0 saturated carbocycles. The zero-order valence-corrected chi connectivity index (χ0v) is 11.2. The Morgan fingerprint density at radius 3 is 3.06 bits per heavy atom. The molecule has 0 bridgehead atoms. The van der Waals surface area contributed by atoms with Crippen LogP contribution in [-0.4, -0.2) is 19.3 Å². The SMILES string of the molecule is Cc1ccc(CNC2CCCOC2)cc1Br. The number of hydrogen-bond acceptors (Lipinski definition) is 2. The fraction of sp³-hybridized carbons (Fsp3) is 0.538. The van der Waals surface area contributed by atoms with E-state index in [2.05, 4.69) is 46.4 Å². The second-order valence-electron chi connectivity index (χ2n) is 4.38. The van der Waals surface area contributed by atoms with Crippen molar-refractivity contribution in [2.75, 3.05) is 13.2 Å². The zero-order valence-electron chi connectivity index (χ0n) is 9.63. The molecule has 3 heteroatoms. The molecule has 1 N–H and O–H groups in total. The average Bonchev–Trinajstić information content (AvgIpc) is 2.32. The summed E-state index contributed by atoms with van der Waals surface area (Å²) in [5, 5.41) is 3.54. The van der Waals surface area contributed by atoms with Gasteiger partial charge in [-0.25, -0.2) is 0 Å². The normalized spacial score (nSPS) is 21.0. The van der Waals surface area contributed by atoms with E-state index in [1.807, 2.05) is 0 Å². The second-order valence-corrected chi connectivity index (χ2v) is 5.23. The molecule has 2 rings (SSSR count). The molecule has 1 unspecified atom stereocenters. The molecule has 1 fully saturated rings. The van der Waals surface area contributed by atoms with E-state index in [9.17, 15) is 0 Å². The lowest BCUT2D eigenvalue weighted by atomic mass is 10.1. The Balaban J connectivity index is 1.86. The molecule has 0 radical (unpaired) electrons. The molecule has 88 valence electrons. The second kappa shape index (κ2) is 5.80. The van der Waals surface area contributed by atoms with E-state index in [4.69, 9.17) is 4.74 Å². The summed E-state index contributed by atoms with van der Waals surface area (Å²) in [4.78, 5) is 0. The maximum Gasteiger partial charge on any atom is 0.0619 e. The van der Waals surface area contributed by atoms with Crippen LogP contribution in [0.3, 0.4) is 0 Å². The number of ether oxygens (including phenoxy) is 1. The van der Waals surface area contributed by atoms with E-state index in [-0.39, 0.29) is 0 Å². The first-order valence-corrected chi connectivity index (χ1v) is 6.61.